The van der Waals surface area contributed by atoms with Crippen molar-refractivity contribution in [3.63, 3.8) is 0 Å². The van der Waals surface area contributed by atoms with Crippen molar-refractivity contribution in [3.8, 4) is 0 Å². The van der Waals surface area contributed by atoms with Gasteiger partial charge in [-0.15, -0.1) is 0 Å². The zero-order chi connectivity index (χ0) is 18.9. The Labute approximate surface area is 150 Å². The summed E-state index contributed by atoms with van der Waals surface area (Å²) in [4.78, 5) is 0. The van der Waals surface area contributed by atoms with Crippen LogP contribution in [0.1, 0.15) is 0 Å². The van der Waals surface area contributed by atoms with Gasteiger partial charge in [0.05, 0.1) is 18.8 Å². The van der Waals surface area contributed by atoms with E-state index in [9.17, 15) is 5.11 Å². The SMILES string of the molecule is C[Si](C)(C)OC[C@H]1OC(O)[C@H](N)[C@@H](O[Si](C)(C)C)[C@@H]1O[Si](C)(C)C. The Hall–Kier alpha value is 0.411. The Kier molecular flexibility index (Phi) is 7.46. The highest BCUT2D eigenvalue weighted by Gasteiger charge is 2.48. The number of aliphatic hydroxyl groups is 1. The number of aliphatic hydroxyl groups excluding tert-OH is 1. The molecule has 0 aromatic carbocycles. The van der Waals surface area contributed by atoms with Crippen molar-refractivity contribution in [1.29, 1.82) is 0 Å². The second-order valence-corrected chi connectivity index (χ2v) is 22.9. The minimum absolute atomic E-state index is 0.321. The Morgan fingerprint density at radius 2 is 1.29 bits per heavy atom. The Balaban J connectivity index is 3.05. The molecule has 1 rings (SSSR count). The second kappa shape index (κ2) is 7.97. The van der Waals surface area contributed by atoms with E-state index in [1.807, 2.05) is 0 Å². The van der Waals surface area contributed by atoms with Gasteiger partial charge >= 0.3 is 0 Å². The van der Waals surface area contributed by atoms with E-state index in [-0.39, 0.29) is 18.3 Å². The lowest BCUT2D eigenvalue weighted by Crippen LogP contribution is -2.66. The fourth-order valence-corrected chi connectivity index (χ4v) is 5.39. The molecule has 6 nitrogen and oxygen atoms in total. The number of hydrogen-bond acceptors (Lipinski definition) is 6. The first-order valence-electron chi connectivity index (χ1n) is 8.68. The molecule has 0 aliphatic carbocycles. The maximum atomic E-state index is 10.3. The van der Waals surface area contributed by atoms with Gasteiger partial charge in [-0.1, -0.05) is 0 Å². The first-order chi connectivity index (χ1) is 10.6. The first-order valence-corrected chi connectivity index (χ1v) is 18.9. The highest BCUT2D eigenvalue weighted by atomic mass is 28.4. The van der Waals surface area contributed by atoms with Crippen LogP contribution in [0.15, 0.2) is 0 Å². The summed E-state index contributed by atoms with van der Waals surface area (Å²) in [5.74, 6) is 0. The lowest BCUT2D eigenvalue weighted by Gasteiger charge is -2.47. The maximum absolute atomic E-state index is 10.3. The monoisotopic (exact) mass is 395 g/mol. The molecule has 0 aromatic rings. The average Bonchev–Trinajstić information content (AvgIpc) is 2.32. The average molecular weight is 396 g/mol. The Morgan fingerprint density at radius 1 is 0.833 bits per heavy atom. The van der Waals surface area contributed by atoms with Crippen LogP contribution in [0.2, 0.25) is 58.9 Å². The molecule has 0 amide bonds. The van der Waals surface area contributed by atoms with Crippen LogP contribution in [0.5, 0.6) is 0 Å². The predicted octanol–water partition coefficient (Wildman–Crippen LogP) is 2.32. The van der Waals surface area contributed by atoms with Crippen LogP contribution in [0.3, 0.4) is 0 Å². The largest absolute Gasteiger partial charge is 0.415 e. The fourth-order valence-electron chi connectivity index (χ4n) is 2.51. The van der Waals surface area contributed by atoms with Crippen molar-refractivity contribution < 1.29 is 23.1 Å². The first kappa shape index (κ1) is 22.5. The molecule has 1 saturated heterocycles. The topological polar surface area (TPSA) is 83.2 Å². The third-order valence-corrected chi connectivity index (χ3v) is 6.36. The minimum atomic E-state index is -1.87. The molecule has 0 spiro atoms. The second-order valence-electron chi connectivity index (χ2n) is 9.46. The Bertz CT molecular complexity index is 405. The number of nitrogens with two attached hydrogens (primary N) is 1. The van der Waals surface area contributed by atoms with Gasteiger partial charge in [-0.25, -0.2) is 0 Å². The Morgan fingerprint density at radius 3 is 1.71 bits per heavy atom. The molecule has 1 heterocycles. The third kappa shape index (κ3) is 7.75. The number of hydrogen-bond donors (Lipinski definition) is 2. The highest BCUT2D eigenvalue weighted by Crippen LogP contribution is 2.29. The van der Waals surface area contributed by atoms with Gasteiger partial charge in [0.1, 0.15) is 12.2 Å². The summed E-state index contributed by atoms with van der Waals surface area (Å²) in [5.41, 5.74) is 6.21. The summed E-state index contributed by atoms with van der Waals surface area (Å²) < 4.78 is 24.5. The van der Waals surface area contributed by atoms with Crippen molar-refractivity contribution in [1.82, 2.24) is 0 Å². The molecule has 9 heteroatoms. The van der Waals surface area contributed by atoms with Crippen LogP contribution >= 0.6 is 0 Å². The van der Waals surface area contributed by atoms with Crippen molar-refractivity contribution in [2.24, 2.45) is 5.73 Å². The molecule has 3 N–H and O–H groups in total. The zero-order valence-electron chi connectivity index (χ0n) is 16.8. The molecule has 0 radical (unpaired) electrons. The van der Waals surface area contributed by atoms with Crippen LogP contribution in [-0.2, 0) is 18.0 Å². The lowest BCUT2D eigenvalue weighted by molar-refractivity contribution is -0.240. The molecule has 0 aromatic heterocycles. The molecule has 1 fully saturated rings. The molecule has 144 valence electrons. The quantitative estimate of drug-likeness (QED) is 0.644. The summed E-state index contributed by atoms with van der Waals surface area (Å²) in [7, 11) is -5.43. The van der Waals surface area contributed by atoms with E-state index >= 15 is 0 Å². The van der Waals surface area contributed by atoms with Crippen LogP contribution in [0, 0.1) is 0 Å². The molecular formula is C15H37NO5Si3. The van der Waals surface area contributed by atoms with E-state index in [0.717, 1.165) is 0 Å². The molecule has 0 saturated carbocycles. The third-order valence-electron chi connectivity index (χ3n) is 3.37. The van der Waals surface area contributed by atoms with Gasteiger partial charge in [-0.05, 0) is 58.9 Å². The van der Waals surface area contributed by atoms with Crippen molar-refractivity contribution in [3.05, 3.63) is 0 Å². The van der Waals surface area contributed by atoms with Crippen LogP contribution in [0.25, 0.3) is 0 Å². The van der Waals surface area contributed by atoms with E-state index in [1.54, 1.807) is 0 Å². The van der Waals surface area contributed by atoms with E-state index < -0.39 is 37.3 Å². The van der Waals surface area contributed by atoms with Crippen molar-refractivity contribution in [2.45, 2.75) is 89.6 Å². The molecule has 24 heavy (non-hydrogen) atoms. The van der Waals surface area contributed by atoms with Gasteiger partial charge in [-0.2, -0.15) is 0 Å². The van der Waals surface area contributed by atoms with E-state index in [2.05, 4.69) is 58.9 Å². The van der Waals surface area contributed by atoms with Gasteiger partial charge in [0.15, 0.2) is 31.2 Å². The van der Waals surface area contributed by atoms with E-state index in [0.29, 0.717) is 6.61 Å². The van der Waals surface area contributed by atoms with E-state index in [1.165, 1.54) is 0 Å². The van der Waals surface area contributed by atoms with Crippen LogP contribution in [-0.4, -0.2) is 67.3 Å². The normalized spacial score (nSPS) is 32.9. The molecular weight excluding hydrogens is 358 g/mol. The van der Waals surface area contributed by atoms with Crippen molar-refractivity contribution in [2.75, 3.05) is 6.61 Å². The van der Waals surface area contributed by atoms with Gasteiger partial charge in [-0.3, -0.25) is 0 Å². The summed E-state index contributed by atoms with van der Waals surface area (Å²) >= 11 is 0. The highest BCUT2D eigenvalue weighted by molar-refractivity contribution is 6.70. The van der Waals surface area contributed by atoms with Gasteiger partial charge in [0.2, 0.25) is 0 Å². The summed E-state index contributed by atoms with van der Waals surface area (Å²) in [6.45, 7) is 19.5. The number of rotatable bonds is 7. The smallest absolute Gasteiger partial charge is 0.184 e. The zero-order valence-corrected chi connectivity index (χ0v) is 19.8. The summed E-state index contributed by atoms with van der Waals surface area (Å²) in [6, 6.07) is -0.624. The molecule has 5 atom stereocenters. The summed E-state index contributed by atoms with van der Waals surface area (Å²) in [6.07, 6.45) is -2.15. The van der Waals surface area contributed by atoms with E-state index in [4.69, 9.17) is 23.7 Å². The van der Waals surface area contributed by atoms with Crippen LogP contribution in [0.4, 0.5) is 0 Å². The molecule has 1 aliphatic rings. The standard InChI is InChI=1S/C15H37NO5Si3/c1-22(2,3)18-10-11-13(20-23(4,5)6)14(21-24(7,8)9)12(16)15(17)19-11/h11-15,17H,10,16H2,1-9H3/t11-,12-,13-,14-,15?/m1/s1. The van der Waals surface area contributed by atoms with Gasteiger partial charge in [0.25, 0.3) is 0 Å². The number of ether oxygens (including phenoxy) is 1. The predicted molar refractivity (Wildman–Crippen MR) is 105 cm³/mol. The molecule has 0 bridgehead atoms. The van der Waals surface area contributed by atoms with Gasteiger partial charge < -0.3 is 28.9 Å². The lowest BCUT2D eigenvalue weighted by atomic mass is 9.98. The molecule has 1 unspecified atom stereocenters. The van der Waals surface area contributed by atoms with Crippen LogP contribution < -0.4 is 5.73 Å². The van der Waals surface area contributed by atoms with Crippen molar-refractivity contribution >= 4 is 25.0 Å². The molecule has 1 aliphatic heterocycles. The maximum Gasteiger partial charge on any atom is 0.184 e. The van der Waals surface area contributed by atoms with Gasteiger partial charge in [0, 0.05) is 0 Å². The minimum Gasteiger partial charge on any atom is -0.415 e. The fraction of sp³-hybridized carbons (Fsp3) is 1.00. The summed E-state index contributed by atoms with van der Waals surface area (Å²) in [5, 5.41) is 10.3.